The predicted molar refractivity (Wildman–Crippen MR) is 55.3 cm³/mol. The molecule has 0 aliphatic heterocycles. The van der Waals surface area contributed by atoms with E-state index in [0.717, 1.165) is 4.72 Å². The summed E-state index contributed by atoms with van der Waals surface area (Å²) >= 11 is 0. The van der Waals surface area contributed by atoms with Crippen molar-refractivity contribution in [3.05, 3.63) is 29.6 Å². The summed E-state index contributed by atoms with van der Waals surface area (Å²) in [6.07, 6.45) is -6.62. The van der Waals surface area contributed by atoms with E-state index < -0.39 is 38.6 Å². The Balaban J connectivity index is 2.95. The van der Waals surface area contributed by atoms with Crippen LogP contribution in [0.3, 0.4) is 0 Å². The van der Waals surface area contributed by atoms with Gasteiger partial charge < -0.3 is 4.74 Å². The first-order valence-electron chi connectivity index (χ1n) is 4.30. The summed E-state index contributed by atoms with van der Waals surface area (Å²) in [5, 5.41) is 0. The smallest absolute Gasteiger partial charge is 0.410 e. The molecule has 1 rings (SSSR count). The number of carbonyl (C=O) groups is 1. The molecule has 0 bridgehead atoms. The average Bonchev–Trinajstić information content (AvgIpc) is 2.16. The maximum absolute atomic E-state index is 12.9. The number of hydrogen-bond donors (Lipinski definition) is 1. The van der Waals surface area contributed by atoms with E-state index in [9.17, 15) is 30.8 Å². The van der Waals surface area contributed by atoms with Crippen LogP contribution in [0.2, 0.25) is 0 Å². The van der Waals surface area contributed by atoms with Crippen molar-refractivity contribution in [1.29, 1.82) is 0 Å². The lowest BCUT2D eigenvalue weighted by molar-refractivity contribution is -0.140. The van der Waals surface area contributed by atoms with Crippen molar-refractivity contribution in [3.8, 4) is 5.75 Å². The second-order valence-corrected chi connectivity index (χ2v) is 5.37. The first-order valence-corrected chi connectivity index (χ1v) is 6.61. The third-order valence-corrected chi connectivity index (χ3v) is 2.30. The van der Waals surface area contributed by atoms with Crippen molar-refractivity contribution >= 4 is 26.0 Å². The minimum Gasteiger partial charge on any atom is -0.410 e. The topological polar surface area (TPSA) is 72.5 Å². The van der Waals surface area contributed by atoms with Gasteiger partial charge in [-0.15, -0.1) is 0 Å². The van der Waals surface area contributed by atoms with Crippen molar-refractivity contribution in [2.45, 2.75) is 6.18 Å². The number of amides is 1. The van der Waals surface area contributed by atoms with Crippen LogP contribution < -0.4 is 9.46 Å². The molecule has 1 N–H and O–H groups in total. The second-order valence-electron chi connectivity index (χ2n) is 3.07. The standard InChI is InChI=1S/C8H4ClF4NO4S/c9-19(16,17)14-7(15)18-4-1-2-6(10)5(3-4)8(11,12)13/h1-3H,(H,14,15). The maximum atomic E-state index is 12.9. The second kappa shape index (κ2) is 5.21. The van der Waals surface area contributed by atoms with Gasteiger partial charge in [-0.05, 0) is 18.2 Å². The Bertz CT molecular complexity index is 601. The molecule has 1 aromatic carbocycles. The number of nitrogens with one attached hydrogen (secondary N) is 1. The number of rotatable bonds is 2. The van der Waals surface area contributed by atoms with Crippen LogP contribution in [0.4, 0.5) is 22.4 Å². The van der Waals surface area contributed by atoms with Gasteiger partial charge in [0.1, 0.15) is 11.6 Å². The highest BCUT2D eigenvalue weighted by Crippen LogP contribution is 2.33. The summed E-state index contributed by atoms with van der Waals surface area (Å²) in [6, 6.07) is 1.33. The summed E-state index contributed by atoms with van der Waals surface area (Å²) < 4.78 is 76.0. The van der Waals surface area contributed by atoms with E-state index >= 15 is 0 Å². The molecule has 1 amide bonds. The molecule has 0 saturated carbocycles. The molecule has 0 spiro atoms. The third-order valence-electron chi connectivity index (χ3n) is 1.66. The zero-order chi connectivity index (χ0) is 14.8. The molecule has 0 heterocycles. The Kier molecular flexibility index (Phi) is 4.25. The van der Waals surface area contributed by atoms with Crippen LogP contribution in [0.1, 0.15) is 5.56 Å². The average molecular weight is 322 g/mol. The molecule has 0 atom stereocenters. The lowest BCUT2D eigenvalue weighted by atomic mass is 10.2. The minimum absolute atomic E-state index is 0.204. The molecule has 5 nitrogen and oxygen atoms in total. The molecular formula is C8H4ClF4NO4S. The van der Waals surface area contributed by atoms with E-state index in [0.29, 0.717) is 12.1 Å². The number of halogens is 5. The molecule has 0 aliphatic rings. The molecule has 19 heavy (non-hydrogen) atoms. The highest BCUT2D eigenvalue weighted by Gasteiger charge is 2.34. The molecule has 0 fully saturated rings. The lowest BCUT2D eigenvalue weighted by Gasteiger charge is -2.10. The normalized spacial score (nSPS) is 12.1. The summed E-state index contributed by atoms with van der Waals surface area (Å²) in [4.78, 5) is 10.9. The molecule has 0 saturated heterocycles. The monoisotopic (exact) mass is 321 g/mol. The Morgan fingerprint density at radius 3 is 2.37 bits per heavy atom. The van der Waals surface area contributed by atoms with Crippen LogP contribution >= 0.6 is 10.7 Å². The van der Waals surface area contributed by atoms with Crippen molar-refractivity contribution in [2.24, 2.45) is 0 Å². The molecule has 0 radical (unpaired) electrons. The van der Waals surface area contributed by atoms with Crippen molar-refractivity contribution < 1.29 is 35.5 Å². The summed E-state index contributed by atoms with van der Waals surface area (Å²) in [5.74, 6) is -2.27. The summed E-state index contributed by atoms with van der Waals surface area (Å²) in [6.45, 7) is 0. The van der Waals surface area contributed by atoms with E-state index in [1.807, 2.05) is 0 Å². The lowest BCUT2D eigenvalue weighted by Crippen LogP contribution is -2.29. The molecule has 0 unspecified atom stereocenters. The van der Waals surface area contributed by atoms with Gasteiger partial charge in [0.2, 0.25) is 0 Å². The Morgan fingerprint density at radius 2 is 1.89 bits per heavy atom. The van der Waals surface area contributed by atoms with Gasteiger partial charge in [-0.3, -0.25) is 0 Å². The van der Waals surface area contributed by atoms with Crippen molar-refractivity contribution in [3.63, 3.8) is 0 Å². The largest absolute Gasteiger partial charge is 0.427 e. The molecular weight excluding hydrogens is 318 g/mol. The van der Waals surface area contributed by atoms with Crippen LogP contribution in [0.5, 0.6) is 5.75 Å². The van der Waals surface area contributed by atoms with Crippen LogP contribution in [-0.4, -0.2) is 14.5 Å². The number of hydrogen-bond acceptors (Lipinski definition) is 4. The summed E-state index contributed by atoms with van der Waals surface area (Å²) in [5.41, 5.74) is -1.66. The van der Waals surface area contributed by atoms with E-state index in [-0.39, 0.29) is 6.07 Å². The zero-order valence-corrected chi connectivity index (χ0v) is 10.2. The van der Waals surface area contributed by atoms with Gasteiger partial charge in [0.05, 0.1) is 5.56 Å². The first kappa shape index (κ1) is 15.5. The van der Waals surface area contributed by atoms with E-state index in [1.54, 1.807) is 0 Å². The SMILES string of the molecule is O=C(NS(=O)(=O)Cl)Oc1ccc(F)c(C(F)(F)F)c1. The number of ether oxygens (including phenoxy) is 1. The number of benzene rings is 1. The van der Waals surface area contributed by atoms with Gasteiger partial charge in [0, 0.05) is 10.7 Å². The molecule has 11 heteroatoms. The summed E-state index contributed by atoms with van der Waals surface area (Å²) in [7, 11) is 0.205. The number of carbonyl (C=O) groups excluding carboxylic acids is 1. The quantitative estimate of drug-likeness (QED) is 0.670. The molecule has 106 valence electrons. The van der Waals surface area contributed by atoms with E-state index in [4.69, 9.17) is 0 Å². The van der Waals surface area contributed by atoms with Gasteiger partial charge in [0.15, 0.2) is 0 Å². The highest BCUT2D eigenvalue weighted by molar-refractivity contribution is 8.12. The van der Waals surface area contributed by atoms with Crippen LogP contribution in [0.25, 0.3) is 0 Å². The molecule has 0 aliphatic carbocycles. The van der Waals surface area contributed by atoms with Crippen LogP contribution in [0.15, 0.2) is 18.2 Å². The van der Waals surface area contributed by atoms with Crippen LogP contribution in [0, 0.1) is 5.82 Å². The Labute approximate surface area is 108 Å². The fourth-order valence-corrected chi connectivity index (χ4v) is 1.44. The van der Waals surface area contributed by atoms with Crippen molar-refractivity contribution in [1.82, 2.24) is 4.72 Å². The van der Waals surface area contributed by atoms with Gasteiger partial charge in [-0.1, -0.05) is 0 Å². The first-order chi connectivity index (χ1) is 8.49. The minimum atomic E-state index is -4.99. The Hall–Kier alpha value is -1.55. The highest BCUT2D eigenvalue weighted by atomic mass is 35.7. The molecule has 1 aromatic rings. The maximum Gasteiger partial charge on any atom is 0.427 e. The third kappa shape index (κ3) is 4.91. The fourth-order valence-electron chi connectivity index (χ4n) is 1.01. The fraction of sp³-hybridized carbons (Fsp3) is 0.125. The van der Waals surface area contributed by atoms with Gasteiger partial charge in [-0.2, -0.15) is 21.6 Å². The van der Waals surface area contributed by atoms with E-state index in [1.165, 1.54) is 0 Å². The van der Waals surface area contributed by atoms with Gasteiger partial charge >= 0.3 is 21.5 Å². The Morgan fingerprint density at radius 1 is 1.32 bits per heavy atom. The zero-order valence-electron chi connectivity index (χ0n) is 8.66. The van der Waals surface area contributed by atoms with Crippen molar-refractivity contribution in [2.75, 3.05) is 0 Å². The van der Waals surface area contributed by atoms with Crippen LogP contribution in [-0.2, 0) is 15.4 Å². The van der Waals surface area contributed by atoms with Gasteiger partial charge in [0.25, 0.3) is 0 Å². The van der Waals surface area contributed by atoms with E-state index in [2.05, 4.69) is 15.4 Å². The molecule has 0 aromatic heterocycles. The van der Waals surface area contributed by atoms with Gasteiger partial charge in [-0.25, -0.2) is 13.9 Å². The number of alkyl halides is 3. The predicted octanol–water partition coefficient (Wildman–Crippen LogP) is 2.42.